The molecular formula is C20H28N4O. The van der Waals surface area contributed by atoms with Gasteiger partial charge in [0.05, 0.1) is 0 Å². The van der Waals surface area contributed by atoms with Crippen molar-refractivity contribution < 1.29 is 4.79 Å². The lowest BCUT2D eigenvalue weighted by Gasteiger charge is -2.17. The molecule has 5 heteroatoms. The number of carbonyl (C=O) groups is 1. The van der Waals surface area contributed by atoms with Crippen molar-refractivity contribution in [3.8, 4) is 0 Å². The quantitative estimate of drug-likeness (QED) is 0.809. The van der Waals surface area contributed by atoms with Gasteiger partial charge in [-0.2, -0.15) is 0 Å². The number of amides is 1. The molecule has 1 heterocycles. The van der Waals surface area contributed by atoms with Crippen LogP contribution in [0.15, 0.2) is 36.5 Å². The molecule has 2 N–H and O–H groups in total. The highest BCUT2D eigenvalue weighted by Crippen LogP contribution is 2.29. The van der Waals surface area contributed by atoms with Gasteiger partial charge in [0.15, 0.2) is 0 Å². The molecule has 5 nitrogen and oxygen atoms in total. The van der Waals surface area contributed by atoms with Crippen LogP contribution < -0.4 is 10.6 Å². The number of rotatable bonds is 7. The van der Waals surface area contributed by atoms with Gasteiger partial charge in [-0.05, 0) is 50.2 Å². The zero-order valence-electron chi connectivity index (χ0n) is 15.8. The number of carbonyl (C=O) groups excluding carboxylic acids is 1. The lowest BCUT2D eigenvalue weighted by atomic mass is 9.98. The van der Waals surface area contributed by atoms with Gasteiger partial charge in [0.1, 0.15) is 5.82 Å². The van der Waals surface area contributed by atoms with Gasteiger partial charge in [0.2, 0.25) is 0 Å². The van der Waals surface area contributed by atoms with Gasteiger partial charge in [-0.15, -0.1) is 0 Å². The largest absolute Gasteiger partial charge is 0.351 e. The van der Waals surface area contributed by atoms with Gasteiger partial charge in [-0.1, -0.05) is 32.0 Å². The van der Waals surface area contributed by atoms with E-state index in [1.165, 1.54) is 5.56 Å². The van der Waals surface area contributed by atoms with Crippen molar-refractivity contribution in [1.29, 1.82) is 0 Å². The number of pyridine rings is 1. The van der Waals surface area contributed by atoms with Crippen molar-refractivity contribution >= 4 is 17.4 Å². The van der Waals surface area contributed by atoms with E-state index in [9.17, 15) is 4.79 Å². The summed E-state index contributed by atoms with van der Waals surface area (Å²) in [7, 11) is 3.96. The number of aryl methyl sites for hydroxylation is 1. The number of nitrogens with one attached hydrogen (secondary N) is 2. The first-order valence-electron chi connectivity index (χ1n) is 8.64. The second kappa shape index (κ2) is 8.62. The Labute approximate surface area is 150 Å². The first-order chi connectivity index (χ1) is 11.9. The summed E-state index contributed by atoms with van der Waals surface area (Å²) in [5.74, 6) is 0.998. The van der Waals surface area contributed by atoms with Crippen LogP contribution in [0.1, 0.15) is 41.3 Å². The Hall–Kier alpha value is -2.40. The van der Waals surface area contributed by atoms with E-state index in [4.69, 9.17) is 0 Å². The van der Waals surface area contributed by atoms with E-state index in [1.54, 1.807) is 18.3 Å². The molecule has 134 valence electrons. The van der Waals surface area contributed by atoms with Crippen LogP contribution in [0.25, 0.3) is 0 Å². The molecular weight excluding hydrogens is 312 g/mol. The third kappa shape index (κ3) is 5.29. The van der Waals surface area contributed by atoms with Crippen LogP contribution in [-0.2, 0) is 0 Å². The molecule has 0 unspecified atom stereocenters. The van der Waals surface area contributed by atoms with E-state index in [-0.39, 0.29) is 5.91 Å². The van der Waals surface area contributed by atoms with E-state index >= 15 is 0 Å². The summed E-state index contributed by atoms with van der Waals surface area (Å²) in [5, 5.41) is 6.32. The molecule has 0 saturated heterocycles. The van der Waals surface area contributed by atoms with Crippen LogP contribution >= 0.6 is 0 Å². The lowest BCUT2D eigenvalue weighted by molar-refractivity contribution is 0.0951. The molecule has 0 aliphatic rings. The Bertz CT molecular complexity index is 725. The number of aromatic nitrogens is 1. The van der Waals surface area contributed by atoms with Crippen molar-refractivity contribution in [2.75, 3.05) is 32.5 Å². The third-order valence-electron chi connectivity index (χ3n) is 4.05. The molecule has 0 radical (unpaired) electrons. The van der Waals surface area contributed by atoms with Gasteiger partial charge in [-0.25, -0.2) is 4.98 Å². The Morgan fingerprint density at radius 2 is 2.00 bits per heavy atom. The molecule has 0 atom stereocenters. The average Bonchev–Trinajstić information content (AvgIpc) is 2.56. The minimum Gasteiger partial charge on any atom is -0.351 e. The predicted octanol–water partition coefficient (Wildman–Crippen LogP) is 3.55. The van der Waals surface area contributed by atoms with Gasteiger partial charge in [0, 0.05) is 30.5 Å². The Balaban J connectivity index is 2.16. The standard InChI is InChI=1S/C20H28N4O/c1-14(2)17-8-6-7-15(3)19(17)23-18-13-16(9-10-21-18)20(25)22-11-12-24(4)5/h6-10,13-14H,11-12H2,1-5H3,(H,21,23)(H,22,25). The molecule has 0 aliphatic heterocycles. The van der Waals surface area contributed by atoms with Crippen molar-refractivity contribution in [3.63, 3.8) is 0 Å². The molecule has 2 rings (SSSR count). The maximum atomic E-state index is 12.3. The summed E-state index contributed by atoms with van der Waals surface area (Å²) in [5.41, 5.74) is 4.07. The Morgan fingerprint density at radius 3 is 2.68 bits per heavy atom. The van der Waals surface area contributed by atoms with Gasteiger partial charge in [0.25, 0.3) is 5.91 Å². The van der Waals surface area contributed by atoms with Crippen LogP contribution in [0.2, 0.25) is 0 Å². The zero-order valence-corrected chi connectivity index (χ0v) is 15.8. The second-order valence-electron chi connectivity index (χ2n) is 6.81. The van der Waals surface area contributed by atoms with E-state index in [1.807, 2.05) is 19.0 Å². The minimum absolute atomic E-state index is 0.0823. The summed E-state index contributed by atoms with van der Waals surface area (Å²) >= 11 is 0. The Morgan fingerprint density at radius 1 is 1.24 bits per heavy atom. The van der Waals surface area contributed by atoms with Crippen LogP contribution in [0.5, 0.6) is 0 Å². The number of nitrogens with zero attached hydrogens (tertiary/aromatic N) is 2. The highest BCUT2D eigenvalue weighted by molar-refractivity contribution is 5.95. The smallest absolute Gasteiger partial charge is 0.251 e. The fourth-order valence-corrected chi connectivity index (χ4v) is 2.61. The van der Waals surface area contributed by atoms with E-state index in [2.05, 4.69) is 54.6 Å². The molecule has 25 heavy (non-hydrogen) atoms. The number of hydrogen-bond acceptors (Lipinski definition) is 4. The molecule has 1 aromatic carbocycles. The van der Waals surface area contributed by atoms with Gasteiger partial charge < -0.3 is 15.5 Å². The Kier molecular flexibility index (Phi) is 6.53. The number of para-hydroxylation sites is 1. The van der Waals surface area contributed by atoms with Crippen molar-refractivity contribution in [2.45, 2.75) is 26.7 Å². The summed E-state index contributed by atoms with van der Waals surface area (Å²) in [6.07, 6.45) is 1.66. The van der Waals surface area contributed by atoms with Crippen LogP contribution in [-0.4, -0.2) is 43.0 Å². The average molecular weight is 340 g/mol. The third-order valence-corrected chi connectivity index (χ3v) is 4.05. The van der Waals surface area contributed by atoms with E-state index in [0.29, 0.717) is 23.8 Å². The van der Waals surface area contributed by atoms with Crippen LogP contribution in [0.4, 0.5) is 11.5 Å². The molecule has 0 spiro atoms. The summed E-state index contributed by atoms with van der Waals surface area (Å²) in [6, 6.07) is 9.79. The molecule has 1 aromatic heterocycles. The van der Waals surface area contributed by atoms with Gasteiger partial charge >= 0.3 is 0 Å². The van der Waals surface area contributed by atoms with E-state index in [0.717, 1.165) is 17.8 Å². The normalized spacial score (nSPS) is 11.0. The topological polar surface area (TPSA) is 57.3 Å². The first-order valence-corrected chi connectivity index (χ1v) is 8.64. The summed E-state index contributed by atoms with van der Waals surface area (Å²) < 4.78 is 0. The zero-order chi connectivity index (χ0) is 18.4. The van der Waals surface area contributed by atoms with Crippen molar-refractivity contribution in [1.82, 2.24) is 15.2 Å². The molecule has 0 fully saturated rings. The molecule has 1 amide bonds. The highest BCUT2D eigenvalue weighted by Gasteiger charge is 2.11. The van der Waals surface area contributed by atoms with Gasteiger partial charge in [-0.3, -0.25) is 4.79 Å². The number of hydrogen-bond donors (Lipinski definition) is 2. The second-order valence-corrected chi connectivity index (χ2v) is 6.81. The van der Waals surface area contributed by atoms with E-state index < -0.39 is 0 Å². The van der Waals surface area contributed by atoms with Crippen molar-refractivity contribution in [2.24, 2.45) is 0 Å². The first kappa shape index (κ1) is 18.9. The molecule has 0 saturated carbocycles. The van der Waals surface area contributed by atoms with Crippen LogP contribution in [0.3, 0.4) is 0 Å². The minimum atomic E-state index is -0.0823. The predicted molar refractivity (Wildman–Crippen MR) is 104 cm³/mol. The number of likely N-dealkylation sites (N-methyl/N-ethyl adjacent to an activating group) is 1. The van der Waals surface area contributed by atoms with Crippen molar-refractivity contribution in [3.05, 3.63) is 53.2 Å². The maximum absolute atomic E-state index is 12.3. The highest BCUT2D eigenvalue weighted by atomic mass is 16.1. The summed E-state index contributed by atoms with van der Waals surface area (Å²) in [6.45, 7) is 7.84. The molecule has 0 bridgehead atoms. The fraction of sp³-hybridized carbons (Fsp3) is 0.400. The van der Waals surface area contributed by atoms with Crippen LogP contribution in [0, 0.1) is 6.92 Å². The number of anilines is 2. The molecule has 2 aromatic rings. The summed E-state index contributed by atoms with van der Waals surface area (Å²) in [4.78, 5) is 18.7. The maximum Gasteiger partial charge on any atom is 0.251 e. The SMILES string of the molecule is Cc1cccc(C(C)C)c1Nc1cc(C(=O)NCCN(C)C)ccn1. The monoisotopic (exact) mass is 340 g/mol. The number of benzene rings is 1. The fourth-order valence-electron chi connectivity index (χ4n) is 2.61. The lowest BCUT2D eigenvalue weighted by Crippen LogP contribution is -2.31. The molecule has 0 aliphatic carbocycles.